The fraction of sp³-hybridized carbons (Fsp3) is 0.647. The van der Waals surface area contributed by atoms with E-state index >= 15 is 0 Å². The number of likely N-dealkylation sites (tertiary alicyclic amines) is 1. The van der Waals surface area contributed by atoms with Gasteiger partial charge in [-0.05, 0) is 76.5 Å². The highest BCUT2D eigenvalue weighted by atomic mass is 35.5. The Morgan fingerprint density at radius 3 is 2.43 bits per heavy atom. The van der Waals surface area contributed by atoms with Crippen LogP contribution >= 0.6 is 11.6 Å². The Morgan fingerprint density at radius 1 is 1.29 bits per heavy atom. The molecule has 0 radical (unpaired) electrons. The molecular weight excluding hydrogens is 284 g/mol. The third-order valence-corrected chi connectivity index (χ3v) is 4.92. The van der Waals surface area contributed by atoms with Crippen LogP contribution in [0.2, 0.25) is 5.02 Å². The molecule has 2 unspecified atom stereocenters. The van der Waals surface area contributed by atoms with E-state index in [9.17, 15) is 5.11 Å². The van der Waals surface area contributed by atoms with Crippen LogP contribution in [0.5, 0.6) is 0 Å². The minimum Gasteiger partial charge on any atom is -0.393 e. The quantitative estimate of drug-likeness (QED) is 0.847. The number of benzene rings is 1. The summed E-state index contributed by atoms with van der Waals surface area (Å²) in [5, 5.41) is 13.8. The molecule has 0 spiro atoms. The Bertz CT molecular complexity index is 413. The third-order valence-electron chi connectivity index (χ3n) is 4.67. The topological polar surface area (TPSA) is 35.5 Å². The molecular formula is C17H27ClN2O. The largest absolute Gasteiger partial charge is 0.393 e. The van der Waals surface area contributed by atoms with Gasteiger partial charge in [0, 0.05) is 11.1 Å². The van der Waals surface area contributed by atoms with E-state index in [0.29, 0.717) is 12.0 Å². The molecule has 1 aliphatic heterocycles. The zero-order valence-corrected chi connectivity index (χ0v) is 13.8. The number of hydrogen-bond acceptors (Lipinski definition) is 3. The van der Waals surface area contributed by atoms with Crippen molar-refractivity contribution in [2.24, 2.45) is 5.92 Å². The summed E-state index contributed by atoms with van der Waals surface area (Å²) >= 11 is 5.95. The zero-order valence-electron chi connectivity index (χ0n) is 13.1. The number of hydrogen-bond donors (Lipinski definition) is 2. The molecule has 1 aliphatic rings. The summed E-state index contributed by atoms with van der Waals surface area (Å²) in [6.45, 7) is 5.22. The summed E-state index contributed by atoms with van der Waals surface area (Å²) in [6, 6.07) is 8.48. The average molecular weight is 311 g/mol. The maximum Gasteiger partial charge on any atom is 0.0541 e. The predicted molar refractivity (Wildman–Crippen MR) is 88.7 cm³/mol. The summed E-state index contributed by atoms with van der Waals surface area (Å²) in [7, 11) is 2.01. The van der Waals surface area contributed by atoms with Crippen molar-refractivity contribution in [3.8, 4) is 0 Å². The minimum absolute atomic E-state index is 0.161. The molecule has 1 fully saturated rings. The fourth-order valence-corrected chi connectivity index (χ4v) is 3.27. The smallest absolute Gasteiger partial charge is 0.0541 e. The van der Waals surface area contributed by atoms with E-state index in [4.69, 9.17) is 11.6 Å². The molecule has 1 aromatic carbocycles. The van der Waals surface area contributed by atoms with Gasteiger partial charge in [0.25, 0.3) is 0 Å². The number of aliphatic hydroxyl groups excluding tert-OH is 1. The monoisotopic (exact) mass is 310 g/mol. The lowest BCUT2D eigenvalue weighted by Gasteiger charge is -2.34. The van der Waals surface area contributed by atoms with Gasteiger partial charge in [-0.25, -0.2) is 0 Å². The predicted octanol–water partition coefficient (Wildman–Crippen LogP) is 3.08. The van der Waals surface area contributed by atoms with Crippen molar-refractivity contribution in [2.75, 3.05) is 26.7 Å². The Morgan fingerprint density at radius 2 is 1.90 bits per heavy atom. The second kappa shape index (κ2) is 8.14. The molecule has 0 aromatic heterocycles. The summed E-state index contributed by atoms with van der Waals surface area (Å²) in [5.41, 5.74) is 1.29. The van der Waals surface area contributed by atoms with Gasteiger partial charge in [-0.15, -0.1) is 0 Å². The van der Waals surface area contributed by atoms with Crippen molar-refractivity contribution < 1.29 is 5.11 Å². The molecule has 0 bridgehead atoms. The maximum absolute atomic E-state index is 9.65. The first kappa shape index (κ1) is 16.8. The van der Waals surface area contributed by atoms with E-state index < -0.39 is 0 Å². The maximum atomic E-state index is 9.65. The van der Waals surface area contributed by atoms with Crippen LogP contribution in [-0.4, -0.2) is 42.8 Å². The van der Waals surface area contributed by atoms with Crippen molar-refractivity contribution in [1.82, 2.24) is 10.2 Å². The van der Waals surface area contributed by atoms with Gasteiger partial charge in [-0.1, -0.05) is 23.7 Å². The van der Waals surface area contributed by atoms with Gasteiger partial charge in [0.1, 0.15) is 0 Å². The van der Waals surface area contributed by atoms with Crippen molar-refractivity contribution >= 4 is 11.6 Å². The van der Waals surface area contributed by atoms with Crippen molar-refractivity contribution in [3.05, 3.63) is 34.9 Å². The molecule has 0 amide bonds. The van der Waals surface area contributed by atoms with Crippen molar-refractivity contribution in [2.45, 2.75) is 38.3 Å². The van der Waals surface area contributed by atoms with Gasteiger partial charge in [0.2, 0.25) is 0 Å². The first-order valence-electron chi connectivity index (χ1n) is 7.93. The normalized spacial score (nSPS) is 20.4. The van der Waals surface area contributed by atoms with Crippen LogP contribution in [0.1, 0.15) is 37.8 Å². The molecule has 2 N–H and O–H groups in total. The zero-order chi connectivity index (χ0) is 15.2. The second-order valence-corrected chi connectivity index (χ2v) is 6.54. The standard InChI is InChI=1S/C17H27ClN2O/c1-13(21)14-7-10-20(11-8-14)12-9-17(19-2)15-3-5-16(18)6-4-15/h3-6,13-14,17,19,21H,7-12H2,1-2H3. The van der Waals surface area contributed by atoms with Crippen LogP contribution in [0.15, 0.2) is 24.3 Å². The van der Waals surface area contributed by atoms with Crippen LogP contribution in [0.4, 0.5) is 0 Å². The van der Waals surface area contributed by atoms with Gasteiger partial charge in [0.15, 0.2) is 0 Å². The van der Waals surface area contributed by atoms with Gasteiger partial charge < -0.3 is 15.3 Å². The molecule has 2 rings (SSSR count). The SMILES string of the molecule is CNC(CCN1CCC(C(C)O)CC1)c1ccc(Cl)cc1. The summed E-state index contributed by atoms with van der Waals surface area (Å²) in [4.78, 5) is 2.51. The lowest BCUT2D eigenvalue weighted by atomic mass is 9.92. The number of nitrogens with zero attached hydrogens (tertiary/aromatic N) is 1. The second-order valence-electron chi connectivity index (χ2n) is 6.10. The molecule has 2 atom stereocenters. The van der Waals surface area contributed by atoms with Gasteiger partial charge in [0.05, 0.1) is 6.10 Å². The summed E-state index contributed by atoms with van der Waals surface area (Å²) < 4.78 is 0. The van der Waals surface area contributed by atoms with Crippen LogP contribution in [0.25, 0.3) is 0 Å². The first-order valence-corrected chi connectivity index (χ1v) is 8.31. The molecule has 118 valence electrons. The number of rotatable bonds is 6. The molecule has 1 saturated heterocycles. The average Bonchev–Trinajstić information content (AvgIpc) is 2.50. The molecule has 4 heteroatoms. The van der Waals surface area contributed by atoms with Crippen molar-refractivity contribution in [3.63, 3.8) is 0 Å². The Labute approximate surface area is 133 Å². The van der Waals surface area contributed by atoms with Crippen LogP contribution in [-0.2, 0) is 0 Å². The number of piperidine rings is 1. The van der Waals surface area contributed by atoms with Crippen LogP contribution in [0, 0.1) is 5.92 Å². The van der Waals surface area contributed by atoms with E-state index in [1.54, 1.807) is 0 Å². The van der Waals surface area contributed by atoms with Crippen LogP contribution < -0.4 is 5.32 Å². The first-order chi connectivity index (χ1) is 10.1. The lowest BCUT2D eigenvalue weighted by molar-refractivity contribution is 0.0706. The fourth-order valence-electron chi connectivity index (χ4n) is 3.14. The molecule has 21 heavy (non-hydrogen) atoms. The Kier molecular flexibility index (Phi) is 6.49. The Balaban J connectivity index is 1.80. The van der Waals surface area contributed by atoms with E-state index in [0.717, 1.165) is 43.9 Å². The van der Waals surface area contributed by atoms with E-state index in [1.807, 2.05) is 26.1 Å². The minimum atomic E-state index is -0.161. The molecule has 0 aliphatic carbocycles. The highest BCUT2D eigenvalue weighted by molar-refractivity contribution is 6.30. The molecule has 1 heterocycles. The van der Waals surface area contributed by atoms with E-state index in [2.05, 4.69) is 22.3 Å². The third kappa shape index (κ3) is 4.96. The number of halogens is 1. The van der Waals surface area contributed by atoms with Gasteiger partial charge in [-0.2, -0.15) is 0 Å². The van der Waals surface area contributed by atoms with Gasteiger partial charge in [-0.3, -0.25) is 0 Å². The van der Waals surface area contributed by atoms with Gasteiger partial charge >= 0.3 is 0 Å². The van der Waals surface area contributed by atoms with E-state index in [-0.39, 0.29) is 6.10 Å². The number of aliphatic hydroxyl groups is 1. The molecule has 3 nitrogen and oxygen atoms in total. The number of nitrogens with one attached hydrogen (secondary N) is 1. The highest BCUT2D eigenvalue weighted by Crippen LogP contribution is 2.23. The highest BCUT2D eigenvalue weighted by Gasteiger charge is 2.22. The molecule has 1 aromatic rings. The van der Waals surface area contributed by atoms with Crippen molar-refractivity contribution in [1.29, 1.82) is 0 Å². The molecule has 0 saturated carbocycles. The lowest BCUT2D eigenvalue weighted by Crippen LogP contribution is -2.38. The van der Waals surface area contributed by atoms with E-state index in [1.165, 1.54) is 5.56 Å². The summed E-state index contributed by atoms with van der Waals surface area (Å²) in [6.07, 6.45) is 3.16. The summed E-state index contributed by atoms with van der Waals surface area (Å²) in [5.74, 6) is 0.484. The Hall–Kier alpha value is -0.610. The van der Waals surface area contributed by atoms with Crippen LogP contribution in [0.3, 0.4) is 0 Å².